The number of fused-ring (bicyclic) bond motifs is 7. The molecule has 0 spiro atoms. The molecule has 262 valence electrons. The lowest BCUT2D eigenvalue weighted by Gasteiger charge is -2.31. The molecule has 1 aliphatic rings. The Labute approximate surface area is 313 Å². The van der Waals surface area contributed by atoms with Gasteiger partial charge in [0.15, 0.2) is 5.58 Å². The molecule has 0 atom stereocenters. The predicted molar refractivity (Wildman–Crippen MR) is 226 cm³/mol. The van der Waals surface area contributed by atoms with Crippen LogP contribution in [0.15, 0.2) is 144 Å². The summed E-state index contributed by atoms with van der Waals surface area (Å²) in [6, 6.07) is 51.2. The molecule has 0 aliphatic heterocycles. The van der Waals surface area contributed by atoms with Crippen LogP contribution in [0, 0.1) is 0 Å². The minimum absolute atomic E-state index is 0.0337. The smallest absolute Gasteiger partial charge is 0.159 e. The normalized spacial score (nSPS) is 13.8. The zero-order chi connectivity index (χ0) is 36.9. The monoisotopic (exact) mass is 689 g/mol. The maximum atomic E-state index is 6.76. The summed E-state index contributed by atoms with van der Waals surface area (Å²) < 4.78 is 6.76. The highest BCUT2D eigenvalue weighted by molar-refractivity contribution is 6.12. The maximum absolute atomic E-state index is 6.76. The van der Waals surface area contributed by atoms with E-state index in [9.17, 15) is 0 Å². The van der Waals surface area contributed by atoms with Gasteiger partial charge >= 0.3 is 0 Å². The quantitative estimate of drug-likeness (QED) is 0.183. The first-order chi connectivity index (χ1) is 25.3. The van der Waals surface area contributed by atoms with E-state index >= 15 is 0 Å². The van der Waals surface area contributed by atoms with Crippen molar-refractivity contribution in [3.8, 4) is 22.3 Å². The summed E-state index contributed by atoms with van der Waals surface area (Å²) in [6.07, 6.45) is 0. The molecule has 7 aromatic carbocycles. The number of para-hydroxylation sites is 3. The molecule has 0 saturated heterocycles. The van der Waals surface area contributed by atoms with Gasteiger partial charge in [-0.1, -0.05) is 171 Å². The molecular formula is C51H47NO. The molecule has 53 heavy (non-hydrogen) atoms. The minimum atomic E-state index is -0.161. The lowest BCUT2D eigenvalue weighted by Crippen LogP contribution is -2.21. The summed E-state index contributed by atoms with van der Waals surface area (Å²) in [5.74, 6) is 0. The van der Waals surface area contributed by atoms with Gasteiger partial charge in [-0.05, 0) is 79.4 Å². The Balaban J connectivity index is 1.37. The summed E-state index contributed by atoms with van der Waals surface area (Å²) in [5, 5.41) is 4.62. The van der Waals surface area contributed by atoms with E-state index in [4.69, 9.17) is 4.42 Å². The summed E-state index contributed by atoms with van der Waals surface area (Å²) in [6.45, 7) is 18.9. The van der Waals surface area contributed by atoms with Crippen molar-refractivity contribution < 1.29 is 4.42 Å². The highest BCUT2D eigenvalue weighted by Crippen LogP contribution is 2.57. The molecule has 0 saturated carbocycles. The number of anilines is 3. The van der Waals surface area contributed by atoms with E-state index < -0.39 is 0 Å². The Kier molecular flexibility index (Phi) is 7.34. The number of furan rings is 1. The first-order valence-electron chi connectivity index (χ1n) is 18.9. The van der Waals surface area contributed by atoms with Crippen molar-refractivity contribution in [1.29, 1.82) is 0 Å². The third-order valence-electron chi connectivity index (χ3n) is 11.5. The first kappa shape index (κ1) is 33.3. The zero-order valence-electron chi connectivity index (χ0n) is 32.1. The molecule has 0 N–H and O–H groups in total. The fraction of sp³-hybridized carbons (Fsp3) is 0.216. The maximum Gasteiger partial charge on any atom is 0.159 e. The standard InChI is InChI=1S/C51H47NO/c1-49(2,3)33-30-40(50(4,5)6)47-41(31-33)51(7,8)39-25-16-23-37(46(39)47)35-21-11-13-26-43(35)52(42-27-15-19-32-18-9-10-20-34(32)42)44-28-17-24-38-36-22-12-14-29-45(36)53-48(38)44/h9-31H,1-8H3. The number of rotatable bonds is 4. The third kappa shape index (κ3) is 5.14. The summed E-state index contributed by atoms with van der Waals surface area (Å²) in [7, 11) is 0. The van der Waals surface area contributed by atoms with Crippen molar-refractivity contribution in [2.75, 3.05) is 4.90 Å². The molecule has 0 bridgehead atoms. The van der Waals surface area contributed by atoms with Gasteiger partial charge in [0.05, 0.1) is 17.1 Å². The summed E-state index contributed by atoms with van der Waals surface area (Å²) in [5.41, 5.74) is 15.6. The van der Waals surface area contributed by atoms with E-state index in [0.29, 0.717) is 0 Å². The molecule has 0 radical (unpaired) electrons. The van der Waals surface area contributed by atoms with Crippen LogP contribution in [0.3, 0.4) is 0 Å². The molecule has 1 aromatic heterocycles. The van der Waals surface area contributed by atoms with E-state index in [-0.39, 0.29) is 16.2 Å². The second-order valence-electron chi connectivity index (χ2n) is 17.4. The topological polar surface area (TPSA) is 16.4 Å². The van der Waals surface area contributed by atoms with Gasteiger partial charge in [-0.25, -0.2) is 0 Å². The van der Waals surface area contributed by atoms with Crippen molar-refractivity contribution >= 4 is 49.8 Å². The van der Waals surface area contributed by atoms with Crippen LogP contribution in [0.1, 0.15) is 77.6 Å². The largest absolute Gasteiger partial charge is 0.454 e. The molecule has 2 heteroatoms. The molecule has 0 amide bonds. The number of hydrogen-bond donors (Lipinski definition) is 0. The van der Waals surface area contributed by atoms with Gasteiger partial charge in [-0.15, -0.1) is 0 Å². The molecule has 0 unspecified atom stereocenters. The van der Waals surface area contributed by atoms with E-state index in [1.54, 1.807) is 0 Å². The van der Waals surface area contributed by atoms with E-state index in [2.05, 4.69) is 194 Å². The number of benzene rings is 7. The highest BCUT2D eigenvalue weighted by Gasteiger charge is 2.41. The highest BCUT2D eigenvalue weighted by atomic mass is 16.3. The van der Waals surface area contributed by atoms with Crippen LogP contribution < -0.4 is 4.90 Å². The Morgan fingerprint density at radius 2 is 1.09 bits per heavy atom. The van der Waals surface area contributed by atoms with Crippen LogP contribution >= 0.6 is 0 Å². The second-order valence-corrected chi connectivity index (χ2v) is 17.4. The van der Waals surface area contributed by atoms with E-state index in [1.165, 1.54) is 55.3 Å². The lowest BCUT2D eigenvalue weighted by molar-refractivity contribution is 0.564. The molecule has 0 fully saturated rings. The average molecular weight is 690 g/mol. The molecule has 1 heterocycles. The van der Waals surface area contributed by atoms with Gasteiger partial charge in [-0.3, -0.25) is 0 Å². The average Bonchev–Trinajstić information content (AvgIpc) is 3.64. The second kappa shape index (κ2) is 11.7. The SMILES string of the molecule is CC(C)(C)c1cc(C(C)(C)C)c2c(c1)C(C)(C)c1cccc(-c3ccccc3N(c3cccc4ccccc34)c3cccc4c3oc3ccccc34)c1-2. The fourth-order valence-corrected chi connectivity index (χ4v) is 8.74. The summed E-state index contributed by atoms with van der Waals surface area (Å²) >= 11 is 0. The van der Waals surface area contributed by atoms with Crippen LogP contribution in [0.25, 0.3) is 55.0 Å². The van der Waals surface area contributed by atoms with Gasteiger partial charge in [0.2, 0.25) is 0 Å². The van der Waals surface area contributed by atoms with Crippen LogP contribution in [-0.2, 0) is 16.2 Å². The minimum Gasteiger partial charge on any atom is -0.454 e. The lowest BCUT2D eigenvalue weighted by atomic mass is 9.74. The first-order valence-corrected chi connectivity index (χ1v) is 18.9. The van der Waals surface area contributed by atoms with Crippen molar-refractivity contribution in [3.05, 3.63) is 162 Å². The van der Waals surface area contributed by atoms with Gasteiger partial charge in [0.25, 0.3) is 0 Å². The fourth-order valence-electron chi connectivity index (χ4n) is 8.74. The van der Waals surface area contributed by atoms with Gasteiger partial charge < -0.3 is 9.32 Å². The third-order valence-corrected chi connectivity index (χ3v) is 11.5. The van der Waals surface area contributed by atoms with Crippen molar-refractivity contribution in [2.24, 2.45) is 0 Å². The molecule has 1 aliphatic carbocycles. The zero-order valence-corrected chi connectivity index (χ0v) is 32.1. The Morgan fingerprint density at radius 3 is 1.89 bits per heavy atom. The molecule has 8 aromatic rings. The Morgan fingerprint density at radius 1 is 0.491 bits per heavy atom. The Bertz CT molecular complexity index is 2720. The van der Waals surface area contributed by atoms with Crippen molar-refractivity contribution in [3.63, 3.8) is 0 Å². The summed E-state index contributed by atoms with van der Waals surface area (Å²) in [4.78, 5) is 2.44. The number of hydrogen-bond acceptors (Lipinski definition) is 2. The Hall–Kier alpha value is -5.60. The molecule has 9 rings (SSSR count). The van der Waals surface area contributed by atoms with Crippen molar-refractivity contribution in [1.82, 2.24) is 0 Å². The van der Waals surface area contributed by atoms with E-state index in [1.807, 2.05) is 6.07 Å². The van der Waals surface area contributed by atoms with Crippen LogP contribution in [0.2, 0.25) is 0 Å². The van der Waals surface area contributed by atoms with Crippen molar-refractivity contribution in [2.45, 2.75) is 71.6 Å². The molecule has 2 nitrogen and oxygen atoms in total. The van der Waals surface area contributed by atoms with Gasteiger partial charge in [0.1, 0.15) is 5.58 Å². The van der Waals surface area contributed by atoms with Gasteiger partial charge in [0, 0.05) is 27.1 Å². The van der Waals surface area contributed by atoms with Crippen LogP contribution in [0.4, 0.5) is 17.1 Å². The van der Waals surface area contributed by atoms with Crippen LogP contribution in [0.5, 0.6) is 0 Å². The van der Waals surface area contributed by atoms with E-state index in [0.717, 1.165) is 39.0 Å². The van der Waals surface area contributed by atoms with Gasteiger partial charge in [-0.2, -0.15) is 0 Å². The van der Waals surface area contributed by atoms with Crippen LogP contribution in [-0.4, -0.2) is 0 Å². The number of nitrogens with zero attached hydrogens (tertiary/aromatic N) is 1. The molecular weight excluding hydrogens is 643 g/mol. The predicted octanol–water partition coefficient (Wildman–Crippen LogP) is 14.8.